The van der Waals surface area contributed by atoms with Gasteiger partial charge in [0, 0.05) is 19.5 Å². The van der Waals surface area contributed by atoms with Crippen molar-refractivity contribution in [3.8, 4) is 0 Å². The maximum absolute atomic E-state index is 13.2. The molecule has 2 rings (SSSR count). The van der Waals surface area contributed by atoms with E-state index in [1.165, 1.54) is 9.91 Å². The molecule has 1 aromatic rings. The molecule has 0 spiro atoms. The Balaban J connectivity index is 2.24. The molecule has 1 unspecified atom stereocenters. The summed E-state index contributed by atoms with van der Waals surface area (Å²) in [5, 5.41) is 5.85. The molecule has 9 nitrogen and oxygen atoms in total. The lowest BCUT2D eigenvalue weighted by Crippen LogP contribution is -2.45. The quantitative estimate of drug-likeness (QED) is 0.628. The first-order chi connectivity index (χ1) is 14.0. The number of carbonyl (C=O) groups excluding carboxylic acids is 3. The van der Waals surface area contributed by atoms with Crippen molar-refractivity contribution in [1.29, 1.82) is 0 Å². The van der Waals surface area contributed by atoms with E-state index in [1.807, 2.05) is 37.2 Å². The fraction of sp³-hybridized carbons (Fsp3) is 0.524. The van der Waals surface area contributed by atoms with Crippen molar-refractivity contribution >= 4 is 29.2 Å². The molecule has 1 aromatic carbocycles. The highest BCUT2D eigenvalue weighted by atomic mass is 16.6. The highest BCUT2D eigenvalue weighted by Crippen LogP contribution is 2.25. The number of hydrazone groups is 1. The molecule has 1 heterocycles. The first-order valence-electron chi connectivity index (χ1n) is 9.85. The molecule has 0 aromatic heterocycles. The molecule has 30 heavy (non-hydrogen) atoms. The zero-order valence-corrected chi connectivity index (χ0v) is 18.3. The molecule has 2 amide bonds. The van der Waals surface area contributed by atoms with Gasteiger partial charge >= 0.3 is 5.97 Å². The Kier molecular flexibility index (Phi) is 7.55. The summed E-state index contributed by atoms with van der Waals surface area (Å²) in [5.41, 5.74) is 5.75. The zero-order valence-electron chi connectivity index (χ0n) is 18.3. The number of amides is 2. The minimum atomic E-state index is -0.761. The third-order valence-corrected chi connectivity index (χ3v) is 4.35. The molecule has 0 radical (unpaired) electrons. The Hall–Kier alpha value is -2.94. The summed E-state index contributed by atoms with van der Waals surface area (Å²) in [6.45, 7) is 5.99. The smallest absolute Gasteiger partial charge is 0.326 e. The van der Waals surface area contributed by atoms with Crippen molar-refractivity contribution in [1.82, 2.24) is 9.80 Å². The summed E-state index contributed by atoms with van der Waals surface area (Å²) in [4.78, 5) is 40.8. The average molecular weight is 418 g/mol. The molecule has 9 heteroatoms. The van der Waals surface area contributed by atoms with Crippen LogP contribution in [0.1, 0.15) is 27.2 Å². The van der Waals surface area contributed by atoms with Crippen LogP contribution in [-0.2, 0) is 19.1 Å². The number of nitrogens with zero attached hydrogens (tertiary/aromatic N) is 4. The summed E-state index contributed by atoms with van der Waals surface area (Å²) >= 11 is 0. The number of esters is 1. The number of benzene rings is 1. The van der Waals surface area contributed by atoms with Gasteiger partial charge < -0.3 is 20.3 Å². The summed E-state index contributed by atoms with van der Waals surface area (Å²) in [6, 6.07) is 8.29. The van der Waals surface area contributed by atoms with Crippen LogP contribution in [0.2, 0.25) is 0 Å². The van der Waals surface area contributed by atoms with Gasteiger partial charge in [0.2, 0.25) is 5.91 Å². The van der Waals surface area contributed by atoms with Gasteiger partial charge in [-0.25, -0.2) is 0 Å². The molecule has 0 aliphatic carbocycles. The molecule has 1 aliphatic heterocycles. The number of para-hydroxylation sites is 1. The van der Waals surface area contributed by atoms with Crippen molar-refractivity contribution in [3.63, 3.8) is 0 Å². The number of nitrogens with two attached hydrogens (primary N) is 1. The Morgan fingerprint density at radius 2 is 1.80 bits per heavy atom. The molecular formula is C21H31N5O4. The highest BCUT2D eigenvalue weighted by molar-refractivity contribution is 6.40. The van der Waals surface area contributed by atoms with Crippen molar-refractivity contribution in [3.05, 3.63) is 30.3 Å². The van der Waals surface area contributed by atoms with Crippen LogP contribution < -0.4 is 10.7 Å². The topological polar surface area (TPSA) is 109 Å². The van der Waals surface area contributed by atoms with Crippen LogP contribution in [0.25, 0.3) is 0 Å². The molecule has 2 N–H and O–H groups in total. The number of primary amides is 1. The predicted octanol–water partition coefficient (Wildman–Crippen LogP) is 0.839. The van der Waals surface area contributed by atoms with Gasteiger partial charge in [-0.2, -0.15) is 5.10 Å². The third kappa shape index (κ3) is 6.55. The fourth-order valence-electron chi connectivity index (χ4n) is 2.97. The van der Waals surface area contributed by atoms with Gasteiger partial charge in [-0.05, 0) is 47.0 Å². The van der Waals surface area contributed by atoms with Crippen LogP contribution in [0.5, 0.6) is 0 Å². The fourth-order valence-corrected chi connectivity index (χ4v) is 2.97. The number of hydrogen-bond acceptors (Lipinski definition) is 7. The zero-order chi connectivity index (χ0) is 22.5. The van der Waals surface area contributed by atoms with Crippen molar-refractivity contribution < 1.29 is 19.1 Å². The maximum Gasteiger partial charge on any atom is 0.326 e. The van der Waals surface area contributed by atoms with Crippen LogP contribution in [-0.4, -0.2) is 78.7 Å². The van der Waals surface area contributed by atoms with Crippen LogP contribution >= 0.6 is 0 Å². The number of carbonyl (C=O) groups is 3. The second-order valence-corrected chi connectivity index (χ2v) is 8.47. The third-order valence-electron chi connectivity index (χ3n) is 4.35. The Morgan fingerprint density at radius 3 is 2.33 bits per heavy atom. The second-order valence-electron chi connectivity index (χ2n) is 8.47. The van der Waals surface area contributed by atoms with E-state index in [-0.39, 0.29) is 18.7 Å². The average Bonchev–Trinajstić information content (AvgIpc) is 3.09. The van der Waals surface area contributed by atoms with Gasteiger partial charge in [-0.15, -0.1) is 0 Å². The number of rotatable bonds is 8. The molecule has 0 saturated heterocycles. The molecule has 164 valence electrons. The van der Waals surface area contributed by atoms with Gasteiger partial charge in [0.1, 0.15) is 23.9 Å². The lowest BCUT2D eigenvalue weighted by atomic mass is 10.1. The standard InChI is InChI=1S/C21H31N5O4/c1-21(2,3)30-18(27)14-25(12-11-24(4)5)20(29)16-13-17(19(22)28)26(23-16)15-9-7-6-8-10-15/h6-10,17H,11-14H2,1-5H3,(H2,22,28). The largest absolute Gasteiger partial charge is 0.459 e. The normalized spacial score (nSPS) is 16.4. The van der Waals surface area contributed by atoms with E-state index in [1.54, 1.807) is 32.9 Å². The molecular weight excluding hydrogens is 386 g/mol. The van der Waals surface area contributed by atoms with E-state index in [9.17, 15) is 14.4 Å². The SMILES string of the molecule is CN(C)CCN(CC(=O)OC(C)(C)C)C(=O)C1=NN(c2ccccc2)C(C(N)=O)C1. The predicted molar refractivity (Wildman–Crippen MR) is 115 cm³/mol. The number of likely N-dealkylation sites (N-methyl/N-ethyl adjacent to an activating group) is 1. The van der Waals surface area contributed by atoms with Crippen molar-refractivity contribution in [2.24, 2.45) is 10.8 Å². The van der Waals surface area contributed by atoms with Gasteiger partial charge in [-0.1, -0.05) is 18.2 Å². The molecule has 1 atom stereocenters. The maximum atomic E-state index is 13.2. The lowest BCUT2D eigenvalue weighted by Gasteiger charge is -2.26. The van der Waals surface area contributed by atoms with Crippen LogP contribution in [0.4, 0.5) is 5.69 Å². The summed E-state index contributed by atoms with van der Waals surface area (Å²) in [7, 11) is 3.76. The molecule has 0 bridgehead atoms. The molecule has 0 saturated carbocycles. The minimum absolute atomic E-state index is 0.0792. The molecule has 0 fully saturated rings. The molecule has 1 aliphatic rings. The van der Waals surface area contributed by atoms with E-state index in [4.69, 9.17) is 10.5 Å². The number of ether oxygens (including phenoxy) is 1. The Morgan fingerprint density at radius 1 is 1.17 bits per heavy atom. The Bertz CT molecular complexity index is 801. The minimum Gasteiger partial charge on any atom is -0.459 e. The van der Waals surface area contributed by atoms with Crippen LogP contribution in [0.3, 0.4) is 0 Å². The second kappa shape index (κ2) is 9.71. The van der Waals surface area contributed by atoms with Crippen molar-refractivity contribution in [2.45, 2.75) is 38.8 Å². The van der Waals surface area contributed by atoms with E-state index in [0.717, 1.165) is 0 Å². The van der Waals surface area contributed by atoms with E-state index in [0.29, 0.717) is 18.8 Å². The van der Waals surface area contributed by atoms with Crippen LogP contribution in [0.15, 0.2) is 35.4 Å². The number of anilines is 1. The van der Waals surface area contributed by atoms with E-state index in [2.05, 4.69) is 5.10 Å². The monoisotopic (exact) mass is 417 g/mol. The van der Waals surface area contributed by atoms with E-state index >= 15 is 0 Å². The van der Waals surface area contributed by atoms with Crippen LogP contribution in [0, 0.1) is 0 Å². The van der Waals surface area contributed by atoms with Gasteiger partial charge in [0.05, 0.1) is 5.69 Å². The lowest BCUT2D eigenvalue weighted by molar-refractivity contribution is -0.158. The first kappa shape index (κ1) is 23.3. The summed E-state index contributed by atoms with van der Waals surface area (Å²) in [5.74, 6) is -1.48. The first-order valence-corrected chi connectivity index (χ1v) is 9.85. The Labute approximate surface area is 177 Å². The van der Waals surface area contributed by atoms with Gasteiger partial charge in [0.25, 0.3) is 5.91 Å². The highest BCUT2D eigenvalue weighted by Gasteiger charge is 2.37. The van der Waals surface area contributed by atoms with Gasteiger partial charge in [-0.3, -0.25) is 19.4 Å². The summed E-state index contributed by atoms with van der Waals surface area (Å²) in [6.07, 6.45) is 0.0792. The van der Waals surface area contributed by atoms with E-state index < -0.39 is 29.4 Å². The van der Waals surface area contributed by atoms with Gasteiger partial charge in [0.15, 0.2) is 0 Å². The summed E-state index contributed by atoms with van der Waals surface area (Å²) < 4.78 is 5.37. The van der Waals surface area contributed by atoms with Crippen molar-refractivity contribution in [2.75, 3.05) is 38.7 Å². The number of hydrogen-bond donors (Lipinski definition) is 1.